The van der Waals surface area contributed by atoms with Crippen molar-refractivity contribution in [2.75, 3.05) is 0 Å². The summed E-state index contributed by atoms with van der Waals surface area (Å²) in [7, 11) is 0. The second kappa shape index (κ2) is 4.98. The van der Waals surface area contributed by atoms with Crippen LogP contribution in [0.3, 0.4) is 0 Å². The molecule has 0 aliphatic carbocycles. The van der Waals surface area contributed by atoms with Gasteiger partial charge in [0.2, 0.25) is 0 Å². The van der Waals surface area contributed by atoms with E-state index >= 15 is 0 Å². The number of carbonyl (C=O) groups is 2. The molecule has 2 unspecified atom stereocenters. The Hall–Kier alpha value is -0.770. The first-order valence-electron chi connectivity index (χ1n) is 3.52. The van der Waals surface area contributed by atoms with Crippen LogP contribution in [0.4, 0.5) is 0 Å². The fourth-order valence-corrected chi connectivity index (χ4v) is 1.14. The van der Waals surface area contributed by atoms with Gasteiger partial charge in [-0.05, 0) is 12.3 Å². The van der Waals surface area contributed by atoms with Crippen LogP contribution in [0, 0.1) is 5.92 Å². The number of hydrogen-bond donors (Lipinski definition) is 2. The van der Waals surface area contributed by atoms with Crippen molar-refractivity contribution in [1.82, 2.24) is 0 Å². The third-order valence-corrected chi connectivity index (χ3v) is 1.77. The Labute approximate surface area is 75.1 Å². The molecule has 0 heterocycles. The molecule has 0 fully saturated rings. The molecule has 0 aromatic rings. The van der Waals surface area contributed by atoms with Gasteiger partial charge in [0.15, 0.2) is 0 Å². The highest BCUT2D eigenvalue weighted by Gasteiger charge is 2.18. The summed E-state index contributed by atoms with van der Waals surface area (Å²) in [6, 6.07) is 0. The van der Waals surface area contributed by atoms with Crippen molar-refractivity contribution in [2.24, 2.45) is 5.92 Å². The zero-order valence-corrected chi connectivity index (χ0v) is 7.41. The largest absolute Gasteiger partial charge is 0.481 e. The van der Waals surface area contributed by atoms with Gasteiger partial charge < -0.3 is 10.2 Å². The van der Waals surface area contributed by atoms with Gasteiger partial charge in [-0.1, -0.05) is 6.92 Å². The smallest absolute Gasteiger partial charge is 0.321 e. The van der Waals surface area contributed by atoms with Crippen LogP contribution >= 0.6 is 11.6 Å². The second-order valence-electron chi connectivity index (χ2n) is 2.74. The molecule has 0 amide bonds. The Balaban J connectivity index is 3.76. The zero-order chi connectivity index (χ0) is 9.72. The van der Waals surface area contributed by atoms with Gasteiger partial charge in [-0.15, -0.1) is 11.6 Å². The molecule has 70 valence electrons. The Morgan fingerprint density at radius 2 is 1.92 bits per heavy atom. The van der Waals surface area contributed by atoms with Gasteiger partial charge in [0, 0.05) is 6.42 Å². The van der Waals surface area contributed by atoms with Gasteiger partial charge >= 0.3 is 11.9 Å². The minimum atomic E-state index is -1.10. The third-order valence-electron chi connectivity index (χ3n) is 1.40. The van der Waals surface area contributed by atoms with Gasteiger partial charge in [-0.2, -0.15) is 0 Å². The first-order chi connectivity index (χ1) is 5.43. The molecule has 2 N–H and O–H groups in total. The quantitative estimate of drug-likeness (QED) is 0.645. The molecule has 0 rings (SSSR count). The molecule has 0 spiro atoms. The van der Waals surface area contributed by atoms with E-state index in [9.17, 15) is 9.59 Å². The van der Waals surface area contributed by atoms with Crippen molar-refractivity contribution >= 4 is 23.5 Å². The normalized spacial score (nSPS) is 15.2. The van der Waals surface area contributed by atoms with E-state index in [0.29, 0.717) is 0 Å². The van der Waals surface area contributed by atoms with Gasteiger partial charge in [-0.25, -0.2) is 0 Å². The maximum absolute atomic E-state index is 10.2. The summed E-state index contributed by atoms with van der Waals surface area (Å²) in [6.07, 6.45) is 0.139. The summed E-state index contributed by atoms with van der Waals surface area (Å²) < 4.78 is 0. The molecule has 0 aliphatic rings. The zero-order valence-electron chi connectivity index (χ0n) is 6.66. The lowest BCUT2D eigenvalue weighted by Crippen LogP contribution is -2.18. The minimum Gasteiger partial charge on any atom is -0.481 e. The van der Waals surface area contributed by atoms with Crippen LogP contribution in [-0.2, 0) is 9.59 Å². The van der Waals surface area contributed by atoms with E-state index in [4.69, 9.17) is 21.8 Å². The molecule has 0 saturated carbocycles. The van der Waals surface area contributed by atoms with Crippen LogP contribution < -0.4 is 0 Å². The van der Waals surface area contributed by atoms with Crippen LogP contribution in [0.2, 0.25) is 0 Å². The van der Waals surface area contributed by atoms with Gasteiger partial charge in [-0.3, -0.25) is 9.59 Å². The minimum absolute atomic E-state index is 0.0451. The van der Waals surface area contributed by atoms with Gasteiger partial charge in [0.25, 0.3) is 0 Å². The van der Waals surface area contributed by atoms with E-state index in [0.717, 1.165) is 0 Å². The molecule has 2 atom stereocenters. The van der Waals surface area contributed by atoms with Crippen molar-refractivity contribution in [2.45, 2.75) is 25.1 Å². The van der Waals surface area contributed by atoms with Crippen molar-refractivity contribution in [3.05, 3.63) is 0 Å². The van der Waals surface area contributed by atoms with Crippen molar-refractivity contribution in [3.63, 3.8) is 0 Å². The topological polar surface area (TPSA) is 74.6 Å². The summed E-state index contributed by atoms with van der Waals surface area (Å²) in [4.78, 5) is 20.4. The number of hydrogen-bond acceptors (Lipinski definition) is 2. The van der Waals surface area contributed by atoms with Crippen molar-refractivity contribution in [3.8, 4) is 0 Å². The molecule has 0 bridgehead atoms. The molecule has 0 aromatic heterocycles. The number of halogens is 1. The first kappa shape index (κ1) is 11.2. The average Bonchev–Trinajstić information content (AvgIpc) is 1.84. The molecule has 5 heteroatoms. The lowest BCUT2D eigenvalue weighted by Gasteiger charge is -2.09. The number of aliphatic carboxylic acids is 2. The monoisotopic (exact) mass is 194 g/mol. The molecular formula is C7H11ClO4. The Bertz CT molecular complexity index is 180. The van der Waals surface area contributed by atoms with Gasteiger partial charge in [0.1, 0.15) is 5.38 Å². The Kier molecular flexibility index (Phi) is 4.66. The van der Waals surface area contributed by atoms with Crippen LogP contribution in [0.15, 0.2) is 0 Å². The number of carboxylic acid groups (broad SMARTS) is 2. The van der Waals surface area contributed by atoms with Crippen molar-refractivity contribution in [1.29, 1.82) is 0 Å². The maximum Gasteiger partial charge on any atom is 0.321 e. The summed E-state index contributed by atoms with van der Waals surface area (Å²) >= 11 is 5.40. The lowest BCUT2D eigenvalue weighted by molar-refractivity contribution is -0.140. The lowest BCUT2D eigenvalue weighted by atomic mass is 10.0. The number of rotatable bonds is 5. The molecule has 0 aromatic carbocycles. The Morgan fingerprint density at radius 1 is 1.42 bits per heavy atom. The summed E-state index contributed by atoms with van der Waals surface area (Å²) in [6.45, 7) is 1.66. The molecule has 0 aliphatic heterocycles. The van der Waals surface area contributed by atoms with Crippen LogP contribution in [-0.4, -0.2) is 27.5 Å². The fraction of sp³-hybridized carbons (Fsp3) is 0.714. The second-order valence-corrected chi connectivity index (χ2v) is 3.27. The summed E-state index contributed by atoms with van der Waals surface area (Å²) in [5.74, 6) is -2.24. The number of carboxylic acids is 2. The van der Waals surface area contributed by atoms with E-state index in [-0.39, 0.29) is 18.8 Å². The van der Waals surface area contributed by atoms with Crippen LogP contribution in [0.1, 0.15) is 19.8 Å². The SMILES string of the molecule is CC(CC(=O)O)CC(Cl)C(=O)O. The fourth-order valence-electron chi connectivity index (χ4n) is 0.836. The van der Waals surface area contributed by atoms with Gasteiger partial charge in [0.05, 0.1) is 0 Å². The Morgan fingerprint density at radius 3 is 2.25 bits per heavy atom. The summed E-state index contributed by atoms with van der Waals surface area (Å²) in [5.41, 5.74) is 0. The predicted octanol–water partition coefficient (Wildman–Crippen LogP) is 1.18. The molecule has 4 nitrogen and oxygen atoms in total. The molecular weight excluding hydrogens is 184 g/mol. The highest BCUT2D eigenvalue weighted by molar-refractivity contribution is 6.29. The first-order valence-corrected chi connectivity index (χ1v) is 3.95. The highest BCUT2D eigenvalue weighted by atomic mass is 35.5. The van der Waals surface area contributed by atoms with Crippen LogP contribution in [0.5, 0.6) is 0 Å². The molecule has 0 saturated heterocycles. The summed E-state index contributed by atoms with van der Waals surface area (Å²) in [5, 5.41) is 15.7. The van der Waals surface area contributed by atoms with Crippen molar-refractivity contribution < 1.29 is 19.8 Å². The predicted molar refractivity (Wildman–Crippen MR) is 43.3 cm³/mol. The van der Waals surface area contributed by atoms with E-state index in [1.807, 2.05) is 0 Å². The average molecular weight is 195 g/mol. The van der Waals surface area contributed by atoms with E-state index < -0.39 is 17.3 Å². The third kappa shape index (κ3) is 4.96. The van der Waals surface area contributed by atoms with E-state index in [1.165, 1.54) is 0 Å². The molecule has 12 heavy (non-hydrogen) atoms. The standard InChI is InChI=1S/C7H11ClO4/c1-4(3-6(9)10)2-5(8)7(11)12/h4-5H,2-3H2,1H3,(H,9,10)(H,11,12). The number of alkyl halides is 1. The van der Waals surface area contributed by atoms with Crippen LogP contribution in [0.25, 0.3) is 0 Å². The van der Waals surface area contributed by atoms with E-state index in [2.05, 4.69) is 0 Å². The van der Waals surface area contributed by atoms with E-state index in [1.54, 1.807) is 6.92 Å². The maximum atomic E-state index is 10.2. The molecule has 0 radical (unpaired) electrons. The highest BCUT2D eigenvalue weighted by Crippen LogP contribution is 2.14.